The van der Waals surface area contributed by atoms with E-state index >= 15 is 0 Å². The Morgan fingerprint density at radius 2 is 2.12 bits per heavy atom. The van der Waals surface area contributed by atoms with Crippen molar-refractivity contribution < 1.29 is 23.4 Å². The van der Waals surface area contributed by atoms with E-state index in [-0.39, 0.29) is 12.2 Å². The van der Waals surface area contributed by atoms with E-state index in [9.17, 15) is 13.6 Å². The predicted molar refractivity (Wildman–Crippen MR) is 61.8 cm³/mol. The number of benzene rings is 1. The van der Waals surface area contributed by atoms with E-state index in [4.69, 9.17) is 5.11 Å². The molecular formula is C11H11BrF2O3. The number of aryl methyl sites for hydroxylation is 1. The minimum atomic E-state index is -2.92. The first kappa shape index (κ1) is 13.9. The van der Waals surface area contributed by atoms with Gasteiger partial charge in [0.25, 0.3) is 0 Å². The van der Waals surface area contributed by atoms with Crippen molar-refractivity contribution in [1.82, 2.24) is 0 Å². The minimum absolute atomic E-state index is 0.0127. The van der Waals surface area contributed by atoms with Crippen molar-refractivity contribution in [3.63, 3.8) is 0 Å². The number of hydrogen-bond acceptors (Lipinski definition) is 2. The van der Waals surface area contributed by atoms with Crippen LogP contribution in [0.4, 0.5) is 8.78 Å². The second-order valence-electron chi connectivity index (χ2n) is 3.47. The van der Waals surface area contributed by atoms with Gasteiger partial charge in [0, 0.05) is 10.9 Å². The lowest BCUT2D eigenvalue weighted by atomic mass is 10.0. The van der Waals surface area contributed by atoms with E-state index < -0.39 is 12.6 Å². The molecule has 0 saturated carbocycles. The standard InChI is InChI=1S/C11H11BrF2O3/c1-6-2-8(5-12)9(17-11(13)14)3-7(6)4-10(15)16/h2-3,11H,4-5H2,1H3,(H,15,16). The minimum Gasteiger partial charge on any atom is -0.481 e. The first-order chi connectivity index (χ1) is 7.93. The van der Waals surface area contributed by atoms with Gasteiger partial charge < -0.3 is 9.84 Å². The number of alkyl halides is 3. The molecule has 1 N–H and O–H groups in total. The number of ether oxygens (including phenoxy) is 1. The van der Waals surface area contributed by atoms with Gasteiger partial charge in [-0.2, -0.15) is 8.78 Å². The monoisotopic (exact) mass is 308 g/mol. The highest BCUT2D eigenvalue weighted by molar-refractivity contribution is 9.08. The van der Waals surface area contributed by atoms with Crippen molar-refractivity contribution in [1.29, 1.82) is 0 Å². The molecule has 1 rings (SSSR count). The summed E-state index contributed by atoms with van der Waals surface area (Å²) in [7, 11) is 0. The fourth-order valence-corrected chi connectivity index (χ4v) is 1.89. The van der Waals surface area contributed by atoms with E-state index in [1.807, 2.05) is 0 Å². The molecule has 6 heteroatoms. The third kappa shape index (κ3) is 3.96. The molecule has 0 aliphatic rings. The summed E-state index contributed by atoms with van der Waals surface area (Å²) in [5.41, 5.74) is 1.78. The average Bonchev–Trinajstić information content (AvgIpc) is 2.21. The number of carbonyl (C=O) groups is 1. The molecule has 94 valence electrons. The molecule has 0 saturated heterocycles. The van der Waals surface area contributed by atoms with E-state index in [1.165, 1.54) is 6.07 Å². The summed E-state index contributed by atoms with van der Waals surface area (Å²) in [5.74, 6) is -0.999. The molecule has 0 aromatic heterocycles. The molecule has 17 heavy (non-hydrogen) atoms. The van der Waals surface area contributed by atoms with Crippen LogP contribution in [0.25, 0.3) is 0 Å². The van der Waals surface area contributed by atoms with Crippen LogP contribution in [0.3, 0.4) is 0 Å². The van der Waals surface area contributed by atoms with E-state index in [0.717, 1.165) is 5.56 Å². The third-order valence-corrected chi connectivity index (χ3v) is 2.82. The van der Waals surface area contributed by atoms with Crippen LogP contribution in [0.5, 0.6) is 5.75 Å². The van der Waals surface area contributed by atoms with Crippen molar-refractivity contribution in [2.24, 2.45) is 0 Å². The molecule has 0 fully saturated rings. The van der Waals surface area contributed by atoms with Gasteiger partial charge in [-0.15, -0.1) is 0 Å². The lowest BCUT2D eigenvalue weighted by molar-refractivity contribution is -0.136. The molecule has 0 heterocycles. The first-order valence-corrected chi connectivity index (χ1v) is 5.91. The van der Waals surface area contributed by atoms with Gasteiger partial charge in [0.05, 0.1) is 6.42 Å². The highest BCUT2D eigenvalue weighted by Gasteiger charge is 2.13. The Bertz CT molecular complexity index is 421. The fraction of sp³-hybridized carbons (Fsp3) is 0.364. The molecular weight excluding hydrogens is 298 g/mol. The van der Waals surface area contributed by atoms with Crippen molar-refractivity contribution >= 4 is 21.9 Å². The Morgan fingerprint density at radius 3 is 2.59 bits per heavy atom. The summed E-state index contributed by atoms with van der Waals surface area (Å²) in [6.45, 7) is -1.19. The van der Waals surface area contributed by atoms with E-state index in [2.05, 4.69) is 20.7 Å². The molecule has 1 aromatic rings. The summed E-state index contributed by atoms with van der Waals surface area (Å²) in [4.78, 5) is 10.6. The quantitative estimate of drug-likeness (QED) is 0.850. The van der Waals surface area contributed by atoms with Crippen molar-refractivity contribution in [2.45, 2.75) is 25.3 Å². The Hall–Kier alpha value is -1.17. The molecule has 0 atom stereocenters. The zero-order chi connectivity index (χ0) is 13.0. The van der Waals surface area contributed by atoms with E-state index in [0.29, 0.717) is 16.5 Å². The first-order valence-electron chi connectivity index (χ1n) is 4.79. The van der Waals surface area contributed by atoms with Gasteiger partial charge in [-0.3, -0.25) is 4.79 Å². The van der Waals surface area contributed by atoms with Gasteiger partial charge in [-0.1, -0.05) is 22.0 Å². The van der Waals surface area contributed by atoms with Crippen molar-refractivity contribution in [3.8, 4) is 5.75 Å². The number of carboxylic acids is 1. The SMILES string of the molecule is Cc1cc(CBr)c(OC(F)F)cc1CC(=O)O. The average molecular weight is 309 g/mol. The number of carboxylic acid groups (broad SMARTS) is 1. The zero-order valence-corrected chi connectivity index (χ0v) is 10.6. The second kappa shape index (κ2) is 5.95. The van der Waals surface area contributed by atoms with Crippen molar-refractivity contribution in [2.75, 3.05) is 0 Å². The number of halogens is 3. The summed E-state index contributed by atoms with van der Waals surface area (Å²) >= 11 is 3.17. The molecule has 0 aliphatic heterocycles. The number of aliphatic carboxylic acids is 1. The Labute approximate surface area is 106 Å². The van der Waals surface area contributed by atoms with Crippen LogP contribution in [0, 0.1) is 6.92 Å². The van der Waals surface area contributed by atoms with Gasteiger partial charge in [-0.25, -0.2) is 0 Å². The highest BCUT2D eigenvalue weighted by atomic mass is 79.9. The predicted octanol–water partition coefficient (Wildman–Crippen LogP) is 3.12. The molecule has 1 aromatic carbocycles. The van der Waals surface area contributed by atoms with Crippen molar-refractivity contribution in [3.05, 3.63) is 28.8 Å². The third-order valence-electron chi connectivity index (χ3n) is 2.22. The van der Waals surface area contributed by atoms with Crippen LogP contribution >= 0.6 is 15.9 Å². The molecule has 3 nitrogen and oxygen atoms in total. The van der Waals surface area contributed by atoms with Crippen LogP contribution in [0.1, 0.15) is 16.7 Å². The summed E-state index contributed by atoms with van der Waals surface area (Å²) in [6, 6.07) is 3.00. The summed E-state index contributed by atoms with van der Waals surface area (Å²) in [5, 5.41) is 9.06. The lowest BCUT2D eigenvalue weighted by Crippen LogP contribution is -2.07. The molecule has 0 radical (unpaired) electrons. The summed E-state index contributed by atoms with van der Waals surface area (Å²) in [6.07, 6.45) is -0.214. The van der Waals surface area contributed by atoms with Crippen LogP contribution in [-0.2, 0) is 16.5 Å². The van der Waals surface area contributed by atoms with Gasteiger partial charge in [0.2, 0.25) is 0 Å². The van der Waals surface area contributed by atoms with Gasteiger partial charge in [-0.05, 0) is 24.1 Å². The van der Waals surface area contributed by atoms with Crippen LogP contribution in [0.2, 0.25) is 0 Å². The lowest BCUT2D eigenvalue weighted by Gasteiger charge is -2.12. The molecule has 0 spiro atoms. The van der Waals surface area contributed by atoms with E-state index in [1.54, 1.807) is 13.0 Å². The number of rotatable bonds is 5. The van der Waals surface area contributed by atoms with Crippen LogP contribution in [0.15, 0.2) is 12.1 Å². The molecule has 0 amide bonds. The normalized spacial score (nSPS) is 10.6. The molecule has 0 bridgehead atoms. The fourth-order valence-electron chi connectivity index (χ4n) is 1.45. The largest absolute Gasteiger partial charge is 0.481 e. The maximum atomic E-state index is 12.2. The molecule has 0 unspecified atom stereocenters. The molecule has 0 aliphatic carbocycles. The maximum absolute atomic E-state index is 12.2. The maximum Gasteiger partial charge on any atom is 0.387 e. The zero-order valence-electron chi connectivity index (χ0n) is 9.04. The Morgan fingerprint density at radius 1 is 1.47 bits per heavy atom. The van der Waals surface area contributed by atoms with Gasteiger partial charge >= 0.3 is 12.6 Å². The Balaban J connectivity index is 3.12. The highest BCUT2D eigenvalue weighted by Crippen LogP contribution is 2.27. The number of hydrogen-bond donors (Lipinski definition) is 1. The van der Waals surface area contributed by atoms with Gasteiger partial charge in [0.1, 0.15) is 5.75 Å². The van der Waals surface area contributed by atoms with Gasteiger partial charge in [0.15, 0.2) is 0 Å². The summed E-state index contributed by atoms with van der Waals surface area (Å²) < 4.78 is 28.7. The van der Waals surface area contributed by atoms with Crippen LogP contribution < -0.4 is 4.74 Å². The second-order valence-corrected chi connectivity index (χ2v) is 4.03. The smallest absolute Gasteiger partial charge is 0.387 e. The van der Waals surface area contributed by atoms with Crippen LogP contribution in [-0.4, -0.2) is 17.7 Å². The topological polar surface area (TPSA) is 46.5 Å². The Kier molecular flexibility index (Phi) is 4.86.